The van der Waals surface area contributed by atoms with E-state index in [4.69, 9.17) is 9.47 Å². The standard InChI is InChI=1S/C15H21NO3/c1-4-19-14(17)15(2,11-5-6-11)16-12-7-9-13(18-3)10-8-12/h7-11,16H,4-6H2,1-3H3. The van der Waals surface area contributed by atoms with E-state index in [9.17, 15) is 4.79 Å². The quantitative estimate of drug-likeness (QED) is 0.802. The second-order valence-electron chi connectivity index (χ2n) is 5.05. The van der Waals surface area contributed by atoms with Crippen LogP contribution < -0.4 is 10.1 Å². The molecule has 19 heavy (non-hydrogen) atoms. The van der Waals surface area contributed by atoms with Gasteiger partial charge < -0.3 is 14.8 Å². The first-order valence-corrected chi connectivity index (χ1v) is 6.69. The van der Waals surface area contributed by atoms with E-state index < -0.39 is 5.54 Å². The maximum Gasteiger partial charge on any atom is 0.331 e. The number of hydrogen-bond acceptors (Lipinski definition) is 4. The number of methoxy groups -OCH3 is 1. The largest absolute Gasteiger partial charge is 0.497 e. The number of hydrogen-bond donors (Lipinski definition) is 1. The molecule has 0 spiro atoms. The molecule has 2 rings (SSSR count). The summed E-state index contributed by atoms with van der Waals surface area (Å²) in [5.74, 6) is 0.983. The minimum atomic E-state index is -0.634. The monoisotopic (exact) mass is 263 g/mol. The summed E-state index contributed by atoms with van der Waals surface area (Å²) >= 11 is 0. The average Bonchev–Trinajstić information content (AvgIpc) is 3.24. The molecule has 1 saturated carbocycles. The molecule has 1 aliphatic rings. The van der Waals surface area contributed by atoms with Gasteiger partial charge in [0.05, 0.1) is 13.7 Å². The van der Waals surface area contributed by atoms with E-state index in [0.29, 0.717) is 12.5 Å². The van der Waals surface area contributed by atoms with Crippen molar-refractivity contribution in [2.45, 2.75) is 32.2 Å². The van der Waals surface area contributed by atoms with Crippen LogP contribution in [-0.2, 0) is 9.53 Å². The van der Waals surface area contributed by atoms with Gasteiger partial charge in [0.2, 0.25) is 0 Å². The molecule has 4 heteroatoms. The third-order valence-electron chi connectivity index (χ3n) is 3.59. The molecule has 0 radical (unpaired) electrons. The summed E-state index contributed by atoms with van der Waals surface area (Å²) in [5.41, 5.74) is 0.271. The topological polar surface area (TPSA) is 47.6 Å². The summed E-state index contributed by atoms with van der Waals surface area (Å²) in [6.07, 6.45) is 2.14. The summed E-state index contributed by atoms with van der Waals surface area (Å²) < 4.78 is 10.3. The summed E-state index contributed by atoms with van der Waals surface area (Å²) in [6.45, 7) is 4.16. The number of esters is 1. The second-order valence-corrected chi connectivity index (χ2v) is 5.05. The van der Waals surface area contributed by atoms with Crippen LogP contribution in [0.4, 0.5) is 5.69 Å². The number of benzene rings is 1. The summed E-state index contributed by atoms with van der Waals surface area (Å²) in [6, 6.07) is 7.58. The van der Waals surface area contributed by atoms with E-state index in [1.807, 2.05) is 38.1 Å². The fourth-order valence-corrected chi connectivity index (χ4v) is 2.24. The van der Waals surface area contributed by atoms with Crippen molar-refractivity contribution >= 4 is 11.7 Å². The van der Waals surface area contributed by atoms with Gasteiger partial charge in [-0.25, -0.2) is 4.79 Å². The molecule has 0 amide bonds. The normalized spacial score (nSPS) is 17.4. The van der Waals surface area contributed by atoms with Gasteiger partial charge in [0, 0.05) is 5.69 Å². The predicted octanol–water partition coefficient (Wildman–Crippen LogP) is 2.84. The van der Waals surface area contributed by atoms with Crippen LogP contribution in [0.3, 0.4) is 0 Å². The molecule has 1 atom stereocenters. The number of nitrogens with one attached hydrogen (secondary N) is 1. The van der Waals surface area contributed by atoms with Gasteiger partial charge in [-0.3, -0.25) is 0 Å². The Hall–Kier alpha value is -1.71. The van der Waals surface area contributed by atoms with Crippen LogP contribution in [0.1, 0.15) is 26.7 Å². The van der Waals surface area contributed by atoms with Crippen molar-refractivity contribution in [2.75, 3.05) is 19.0 Å². The van der Waals surface area contributed by atoms with Crippen LogP contribution >= 0.6 is 0 Å². The molecule has 0 saturated heterocycles. The summed E-state index contributed by atoms with van der Waals surface area (Å²) in [7, 11) is 1.63. The predicted molar refractivity (Wildman–Crippen MR) is 74.4 cm³/mol. The maximum atomic E-state index is 12.2. The molecule has 1 unspecified atom stereocenters. The highest BCUT2D eigenvalue weighted by atomic mass is 16.5. The van der Waals surface area contributed by atoms with Gasteiger partial charge >= 0.3 is 5.97 Å². The van der Waals surface area contributed by atoms with Crippen LogP contribution in [-0.4, -0.2) is 25.2 Å². The van der Waals surface area contributed by atoms with Gasteiger partial charge in [0.1, 0.15) is 11.3 Å². The lowest BCUT2D eigenvalue weighted by atomic mass is 9.95. The first-order chi connectivity index (χ1) is 9.10. The molecular formula is C15H21NO3. The molecule has 1 aromatic rings. The fourth-order valence-electron chi connectivity index (χ4n) is 2.24. The van der Waals surface area contributed by atoms with Crippen molar-refractivity contribution in [2.24, 2.45) is 5.92 Å². The van der Waals surface area contributed by atoms with E-state index in [1.165, 1.54) is 0 Å². The van der Waals surface area contributed by atoms with E-state index in [0.717, 1.165) is 24.3 Å². The minimum absolute atomic E-state index is 0.173. The van der Waals surface area contributed by atoms with Crippen LogP contribution in [0.2, 0.25) is 0 Å². The van der Waals surface area contributed by atoms with E-state index in [2.05, 4.69) is 5.32 Å². The lowest BCUT2D eigenvalue weighted by Gasteiger charge is -2.29. The molecule has 1 aromatic carbocycles. The zero-order valence-electron chi connectivity index (χ0n) is 11.7. The third kappa shape index (κ3) is 3.00. The number of ether oxygens (including phenoxy) is 2. The maximum absolute atomic E-state index is 12.2. The van der Waals surface area contributed by atoms with Crippen LogP contribution in [0.15, 0.2) is 24.3 Å². The Morgan fingerprint density at radius 1 is 1.37 bits per heavy atom. The number of carbonyl (C=O) groups excluding carboxylic acids is 1. The van der Waals surface area contributed by atoms with E-state index in [-0.39, 0.29) is 5.97 Å². The highest BCUT2D eigenvalue weighted by molar-refractivity contribution is 5.85. The molecule has 0 bridgehead atoms. The molecule has 1 fully saturated rings. The van der Waals surface area contributed by atoms with Gasteiger partial charge in [-0.1, -0.05) is 0 Å². The SMILES string of the molecule is CCOC(=O)C(C)(Nc1ccc(OC)cc1)C1CC1. The Morgan fingerprint density at radius 2 is 2.00 bits per heavy atom. The zero-order chi connectivity index (χ0) is 13.9. The van der Waals surface area contributed by atoms with Crippen molar-refractivity contribution < 1.29 is 14.3 Å². The molecule has 0 heterocycles. The van der Waals surface area contributed by atoms with E-state index in [1.54, 1.807) is 7.11 Å². The van der Waals surface area contributed by atoms with Gasteiger partial charge in [-0.2, -0.15) is 0 Å². The lowest BCUT2D eigenvalue weighted by molar-refractivity contribution is -0.148. The Morgan fingerprint density at radius 3 is 2.47 bits per heavy atom. The van der Waals surface area contributed by atoms with Crippen LogP contribution in [0.25, 0.3) is 0 Å². The Balaban J connectivity index is 2.13. The number of rotatable bonds is 6. The van der Waals surface area contributed by atoms with Crippen LogP contribution in [0.5, 0.6) is 5.75 Å². The minimum Gasteiger partial charge on any atom is -0.497 e. The molecule has 1 aliphatic carbocycles. The third-order valence-corrected chi connectivity index (χ3v) is 3.59. The zero-order valence-corrected chi connectivity index (χ0v) is 11.7. The van der Waals surface area contributed by atoms with Crippen LogP contribution in [0, 0.1) is 5.92 Å². The van der Waals surface area contributed by atoms with Gasteiger partial charge in [0.25, 0.3) is 0 Å². The Bertz CT molecular complexity index is 439. The first-order valence-electron chi connectivity index (χ1n) is 6.69. The number of anilines is 1. The van der Waals surface area contributed by atoms with E-state index >= 15 is 0 Å². The molecular weight excluding hydrogens is 242 g/mol. The van der Waals surface area contributed by atoms with Gasteiger partial charge in [0.15, 0.2) is 0 Å². The van der Waals surface area contributed by atoms with Crippen molar-refractivity contribution in [3.63, 3.8) is 0 Å². The average molecular weight is 263 g/mol. The van der Waals surface area contributed by atoms with Gasteiger partial charge in [-0.15, -0.1) is 0 Å². The highest BCUT2D eigenvalue weighted by Gasteiger charge is 2.48. The fraction of sp³-hybridized carbons (Fsp3) is 0.533. The second kappa shape index (κ2) is 5.51. The first kappa shape index (κ1) is 13.7. The molecule has 104 valence electrons. The molecule has 0 aliphatic heterocycles. The summed E-state index contributed by atoms with van der Waals surface area (Å²) in [5, 5.41) is 3.32. The van der Waals surface area contributed by atoms with Gasteiger partial charge in [-0.05, 0) is 56.9 Å². The number of carbonyl (C=O) groups is 1. The lowest BCUT2D eigenvalue weighted by Crippen LogP contribution is -2.46. The Kier molecular flexibility index (Phi) is 3.98. The van der Waals surface area contributed by atoms with Crippen molar-refractivity contribution in [3.8, 4) is 5.75 Å². The van der Waals surface area contributed by atoms with Crippen molar-refractivity contribution in [1.29, 1.82) is 0 Å². The van der Waals surface area contributed by atoms with Crippen molar-refractivity contribution in [1.82, 2.24) is 0 Å². The highest BCUT2D eigenvalue weighted by Crippen LogP contribution is 2.42. The molecule has 0 aromatic heterocycles. The van der Waals surface area contributed by atoms with Crippen molar-refractivity contribution in [3.05, 3.63) is 24.3 Å². The smallest absolute Gasteiger partial charge is 0.331 e. The molecule has 1 N–H and O–H groups in total. The summed E-state index contributed by atoms with van der Waals surface area (Å²) in [4.78, 5) is 12.2. The Labute approximate surface area is 114 Å². The molecule has 4 nitrogen and oxygen atoms in total.